The van der Waals surface area contributed by atoms with E-state index >= 15 is 0 Å². The number of aryl methyl sites for hydroxylation is 1. The van der Waals surface area contributed by atoms with Crippen molar-refractivity contribution in [2.24, 2.45) is 13.0 Å². The lowest BCUT2D eigenvalue weighted by atomic mass is 10.1. The third-order valence-corrected chi connectivity index (χ3v) is 2.14. The molecule has 1 atom stereocenters. The van der Waals surface area contributed by atoms with Crippen molar-refractivity contribution in [3.05, 3.63) is 18.2 Å². The summed E-state index contributed by atoms with van der Waals surface area (Å²) < 4.78 is 1.62. The zero-order valence-electron chi connectivity index (χ0n) is 9.06. The molecule has 80 valence electrons. The maximum Gasteiger partial charge on any atom is 0.270 e. The van der Waals surface area contributed by atoms with Crippen LogP contribution >= 0.6 is 0 Å². The molecule has 1 heterocycles. The quantitative estimate of drug-likeness (QED) is 0.791. The monoisotopic (exact) mass is 206 g/mol. The van der Waals surface area contributed by atoms with Gasteiger partial charge >= 0.3 is 0 Å². The molecule has 1 aromatic rings. The maximum absolute atomic E-state index is 11.7. The molecule has 1 aromatic heterocycles. The summed E-state index contributed by atoms with van der Waals surface area (Å²) in [7, 11) is 1.73. The predicted molar refractivity (Wildman–Crippen MR) is 54.9 cm³/mol. The largest absolute Gasteiger partial charge is 0.335 e. The SMILES string of the molecule is CC(C)C(C#N)NC(=O)c1cncn1C. The lowest BCUT2D eigenvalue weighted by Gasteiger charge is -2.14. The van der Waals surface area contributed by atoms with Crippen LogP contribution in [0, 0.1) is 17.2 Å². The second kappa shape index (κ2) is 4.60. The second-order valence-electron chi connectivity index (χ2n) is 3.71. The van der Waals surface area contributed by atoms with Crippen molar-refractivity contribution in [3.8, 4) is 6.07 Å². The average Bonchev–Trinajstić information content (AvgIpc) is 2.60. The summed E-state index contributed by atoms with van der Waals surface area (Å²) in [5.74, 6) is -0.178. The lowest BCUT2D eigenvalue weighted by Crippen LogP contribution is -2.38. The van der Waals surface area contributed by atoms with Gasteiger partial charge in [-0.15, -0.1) is 0 Å². The first-order valence-corrected chi connectivity index (χ1v) is 4.73. The molecule has 0 bridgehead atoms. The number of hydrogen-bond donors (Lipinski definition) is 1. The van der Waals surface area contributed by atoms with E-state index in [2.05, 4.69) is 16.4 Å². The van der Waals surface area contributed by atoms with Gasteiger partial charge in [0.05, 0.1) is 18.6 Å². The van der Waals surface area contributed by atoms with Crippen LogP contribution in [0.1, 0.15) is 24.3 Å². The summed E-state index contributed by atoms with van der Waals surface area (Å²) in [6, 6.07) is 1.59. The molecule has 0 aliphatic carbocycles. The van der Waals surface area contributed by atoms with Crippen molar-refractivity contribution in [1.82, 2.24) is 14.9 Å². The van der Waals surface area contributed by atoms with Crippen molar-refractivity contribution in [1.29, 1.82) is 5.26 Å². The standard InChI is InChI=1S/C10H14N4O/c1-7(2)8(4-11)13-10(15)9-5-12-6-14(9)3/h5-8H,1-3H3,(H,13,15). The minimum atomic E-state index is -0.465. The summed E-state index contributed by atoms with van der Waals surface area (Å²) in [5, 5.41) is 11.5. The number of nitriles is 1. The van der Waals surface area contributed by atoms with Crippen LogP contribution in [0.3, 0.4) is 0 Å². The zero-order chi connectivity index (χ0) is 11.4. The van der Waals surface area contributed by atoms with Gasteiger partial charge in [0.2, 0.25) is 0 Å². The molecule has 0 saturated carbocycles. The van der Waals surface area contributed by atoms with Gasteiger partial charge in [-0.25, -0.2) is 4.98 Å². The fourth-order valence-corrected chi connectivity index (χ4v) is 1.14. The highest BCUT2D eigenvalue weighted by atomic mass is 16.2. The van der Waals surface area contributed by atoms with E-state index in [9.17, 15) is 4.79 Å². The van der Waals surface area contributed by atoms with E-state index in [0.29, 0.717) is 5.69 Å². The van der Waals surface area contributed by atoms with Crippen LogP contribution in [0.5, 0.6) is 0 Å². The van der Waals surface area contributed by atoms with Crippen LogP contribution in [0.4, 0.5) is 0 Å². The Morgan fingerprint density at radius 1 is 1.67 bits per heavy atom. The van der Waals surface area contributed by atoms with Crippen LogP contribution < -0.4 is 5.32 Å². The number of imidazole rings is 1. The number of nitrogens with zero attached hydrogens (tertiary/aromatic N) is 3. The van der Waals surface area contributed by atoms with Crippen molar-refractivity contribution in [2.75, 3.05) is 0 Å². The van der Waals surface area contributed by atoms with Gasteiger partial charge in [0.1, 0.15) is 11.7 Å². The Bertz CT molecular complexity index is 388. The van der Waals surface area contributed by atoms with Gasteiger partial charge in [-0.1, -0.05) is 13.8 Å². The fraction of sp³-hybridized carbons (Fsp3) is 0.500. The highest BCUT2D eigenvalue weighted by Crippen LogP contribution is 2.02. The molecular weight excluding hydrogens is 192 g/mol. The first kappa shape index (κ1) is 11.2. The van der Waals surface area contributed by atoms with E-state index in [1.54, 1.807) is 17.9 Å². The minimum absolute atomic E-state index is 0.0900. The van der Waals surface area contributed by atoms with Crippen LogP contribution in [0.25, 0.3) is 0 Å². The van der Waals surface area contributed by atoms with Gasteiger partial charge in [-0.05, 0) is 5.92 Å². The molecule has 0 aromatic carbocycles. The molecule has 0 radical (unpaired) electrons. The normalized spacial score (nSPS) is 12.2. The van der Waals surface area contributed by atoms with Gasteiger partial charge in [0.15, 0.2) is 0 Å². The van der Waals surface area contributed by atoms with Gasteiger partial charge in [-0.3, -0.25) is 4.79 Å². The van der Waals surface area contributed by atoms with Crippen LogP contribution in [0.2, 0.25) is 0 Å². The first-order valence-electron chi connectivity index (χ1n) is 4.73. The molecule has 1 unspecified atom stereocenters. The number of amides is 1. The number of carbonyl (C=O) groups excluding carboxylic acids is 1. The summed E-state index contributed by atoms with van der Waals surface area (Å²) in [4.78, 5) is 15.5. The van der Waals surface area contributed by atoms with Crippen LogP contribution in [-0.2, 0) is 7.05 Å². The van der Waals surface area contributed by atoms with Crippen molar-refractivity contribution >= 4 is 5.91 Å². The molecule has 5 nitrogen and oxygen atoms in total. The minimum Gasteiger partial charge on any atom is -0.335 e. The number of aromatic nitrogens is 2. The Balaban J connectivity index is 2.72. The zero-order valence-corrected chi connectivity index (χ0v) is 9.06. The topological polar surface area (TPSA) is 70.7 Å². The van der Waals surface area contributed by atoms with Gasteiger partial charge < -0.3 is 9.88 Å². The van der Waals surface area contributed by atoms with Crippen LogP contribution in [-0.4, -0.2) is 21.5 Å². The average molecular weight is 206 g/mol. The molecule has 0 aliphatic heterocycles. The molecule has 0 spiro atoms. The Hall–Kier alpha value is -1.83. The molecule has 0 aliphatic rings. The van der Waals surface area contributed by atoms with E-state index in [-0.39, 0.29) is 11.8 Å². The maximum atomic E-state index is 11.7. The van der Waals surface area contributed by atoms with Gasteiger partial charge in [-0.2, -0.15) is 5.26 Å². The fourth-order valence-electron chi connectivity index (χ4n) is 1.14. The lowest BCUT2D eigenvalue weighted by molar-refractivity contribution is 0.0929. The van der Waals surface area contributed by atoms with Crippen molar-refractivity contribution in [2.45, 2.75) is 19.9 Å². The van der Waals surface area contributed by atoms with Crippen LogP contribution in [0.15, 0.2) is 12.5 Å². The molecule has 5 heteroatoms. The first-order chi connectivity index (χ1) is 7.06. The van der Waals surface area contributed by atoms with E-state index in [1.807, 2.05) is 13.8 Å². The van der Waals surface area contributed by atoms with E-state index in [0.717, 1.165) is 0 Å². The molecule has 15 heavy (non-hydrogen) atoms. The Kier molecular flexibility index (Phi) is 3.45. The summed E-state index contributed by atoms with van der Waals surface area (Å²) in [6.07, 6.45) is 3.02. The second-order valence-corrected chi connectivity index (χ2v) is 3.71. The van der Waals surface area contributed by atoms with Gasteiger partial charge in [0.25, 0.3) is 5.91 Å². The smallest absolute Gasteiger partial charge is 0.270 e. The number of nitrogens with one attached hydrogen (secondary N) is 1. The highest BCUT2D eigenvalue weighted by molar-refractivity contribution is 5.92. The molecule has 0 saturated heterocycles. The molecule has 1 amide bonds. The third kappa shape index (κ3) is 2.56. The molecule has 0 fully saturated rings. The summed E-state index contributed by atoms with van der Waals surface area (Å²) >= 11 is 0. The molecular formula is C10H14N4O. The Labute approximate surface area is 88.7 Å². The predicted octanol–water partition coefficient (Wildman–Crippen LogP) is 0.698. The number of hydrogen-bond acceptors (Lipinski definition) is 3. The molecule has 1 N–H and O–H groups in total. The summed E-state index contributed by atoms with van der Waals surface area (Å²) in [5.41, 5.74) is 0.455. The number of rotatable bonds is 3. The third-order valence-electron chi connectivity index (χ3n) is 2.14. The Morgan fingerprint density at radius 3 is 2.73 bits per heavy atom. The van der Waals surface area contributed by atoms with Gasteiger partial charge in [0, 0.05) is 7.05 Å². The van der Waals surface area contributed by atoms with Crippen molar-refractivity contribution < 1.29 is 4.79 Å². The summed E-state index contributed by atoms with van der Waals surface area (Å²) in [6.45, 7) is 3.77. The number of carbonyl (C=O) groups is 1. The highest BCUT2D eigenvalue weighted by Gasteiger charge is 2.17. The van der Waals surface area contributed by atoms with E-state index < -0.39 is 6.04 Å². The molecule has 1 rings (SSSR count). The van der Waals surface area contributed by atoms with E-state index in [4.69, 9.17) is 5.26 Å². The Morgan fingerprint density at radius 2 is 2.33 bits per heavy atom. The van der Waals surface area contributed by atoms with Crippen molar-refractivity contribution in [3.63, 3.8) is 0 Å². The van der Waals surface area contributed by atoms with E-state index in [1.165, 1.54) is 6.20 Å².